The SMILES string of the molecule is CCC(=O)Nc1ccc(-c2csc(Nc3ccc(Cl)cc3)n2)cc1. The van der Waals surface area contributed by atoms with E-state index in [1.54, 1.807) is 0 Å². The highest BCUT2D eigenvalue weighted by molar-refractivity contribution is 7.14. The van der Waals surface area contributed by atoms with Crippen LogP contribution >= 0.6 is 22.9 Å². The van der Waals surface area contributed by atoms with Crippen molar-refractivity contribution in [3.05, 3.63) is 58.9 Å². The number of amides is 1. The molecule has 0 aliphatic rings. The Morgan fingerprint density at radius 1 is 1.08 bits per heavy atom. The van der Waals surface area contributed by atoms with Gasteiger partial charge in [0.1, 0.15) is 0 Å². The quantitative estimate of drug-likeness (QED) is 0.628. The van der Waals surface area contributed by atoms with E-state index in [1.807, 2.05) is 60.8 Å². The summed E-state index contributed by atoms with van der Waals surface area (Å²) in [5.41, 5.74) is 3.63. The molecule has 3 rings (SSSR count). The van der Waals surface area contributed by atoms with Crippen molar-refractivity contribution in [2.24, 2.45) is 0 Å². The van der Waals surface area contributed by atoms with Crippen molar-refractivity contribution in [1.82, 2.24) is 4.98 Å². The van der Waals surface area contributed by atoms with Gasteiger partial charge in [-0.2, -0.15) is 0 Å². The molecular weight excluding hydrogens is 342 g/mol. The molecule has 1 heterocycles. The number of rotatable bonds is 5. The second-order valence-corrected chi connectivity index (χ2v) is 6.44. The van der Waals surface area contributed by atoms with Gasteiger partial charge >= 0.3 is 0 Å². The number of hydrogen-bond acceptors (Lipinski definition) is 4. The van der Waals surface area contributed by atoms with Crippen molar-refractivity contribution >= 4 is 45.4 Å². The van der Waals surface area contributed by atoms with E-state index in [4.69, 9.17) is 11.6 Å². The maximum absolute atomic E-state index is 11.4. The van der Waals surface area contributed by atoms with E-state index in [-0.39, 0.29) is 5.91 Å². The highest BCUT2D eigenvalue weighted by atomic mass is 35.5. The van der Waals surface area contributed by atoms with Gasteiger partial charge in [-0.25, -0.2) is 4.98 Å². The molecule has 2 N–H and O–H groups in total. The molecule has 0 fully saturated rings. The largest absolute Gasteiger partial charge is 0.332 e. The van der Waals surface area contributed by atoms with Gasteiger partial charge < -0.3 is 10.6 Å². The summed E-state index contributed by atoms with van der Waals surface area (Å²) in [4.78, 5) is 16.0. The second-order valence-electron chi connectivity index (χ2n) is 5.15. The van der Waals surface area contributed by atoms with Crippen LogP contribution < -0.4 is 10.6 Å². The van der Waals surface area contributed by atoms with Gasteiger partial charge in [-0.15, -0.1) is 11.3 Å². The van der Waals surface area contributed by atoms with Crippen molar-refractivity contribution in [2.45, 2.75) is 13.3 Å². The molecule has 2 aromatic carbocycles. The van der Waals surface area contributed by atoms with Gasteiger partial charge in [0.05, 0.1) is 5.69 Å². The molecule has 3 aromatic rings. The monoisotopic (exact) mass is 357 g/mol. The average Bonchev–Trinajstić information content (AvgIpc) is 3.06. The van der Waals surface area contributed by atoms with E-state index in [9.17, 15) is 4.79 Å². The third-order valence-electron chi connectivity index (χ3n) is 3.39. The summed E-state index contributed by atoms with van der Waals surface area (Å²) in [5, 5.41) is 9.61. The molecule has 0 aliphatic carbocycles. The molecule has 0 bridgehead atoms. The molecule has 0 atom stereocenters. The molecular formula is C18H16ClN3OS. The van der Waals surface area contributed by atoms with Crippen molar-refractivity contribution in [1.29, 1.82) is 0 Å². The summed E-state index contributed by atoms with van der Waals surface area (Å²) in [6.45, 7) is 1.83. The lowest BCUT2D eigenvalue weighted by atomic mass is 10.1. The van der Waals surface area contributed by atoms with Gasteiger partial charge in [0, 0.05) is 33.8 Å². The lowest BCUT2D eigenvalue weighted by Crippen LogP contribution is -2.08. The number of thiazole rings is 1. The molecule has 4 nitrogen and oxygen atoms in total. The van der Waals surface area contributed by atoms with Crippen LogP contribution in [0, 0.1) is 0 Å². The van der Waals surface area contributed by atoms with E-state index < -0.39 is 0 Å². The molecule has 24 heavy (non-hydrogen) atoms. The Morgan fingerprint density at radius 3 is 2.42 bits per heavy atom. The summed E-state index contributed by atoms with van der Waals surface area (Å²) in [6.07, 6.45) is 0.466. The molecule has 0 saturated carbocycles. The summed E-state index contributed by atoms with van der Waals surface area (Å²) in [5.74, 6) is 0.00543. The van der Waals surface area contributed by atoms with Crippen molar-refractivity contribution in [2.75, 3.05) is 10.6 Å². The van der Waals surface area contributed by atoms with Gasteiger partial charge in [-0.3, -0.25) is 4.79 Å². The molecule has 0 saturated heterocycles. The second kappa shape index (κ2) is 7.47. The number of carbonyl (C=O) groups excluding carboxylic acids is 1. The number of halogens is 1. The first-order valence-electron chi connectivity index (χ1n) is 7.52. The highest BCUT2D eigenvalue weighted by Crippen LogP contribution is 2.28. The summed E-state index contributed by atoms with van der Waals surface area (Å²) in [6, 6.07) is 15.2. The Bertz CT molecular complexity index is 828. The summed E-state index contributed by atoms with van der Waals surface area (Å²) in [7, 11) is 0. The van der Waals surface area contributed by atoms with Crippen LogP contribution in [0.5, 0.6) is 0 Å². The highest BCUT2D eigenvalue weighted by Gasteiger charge is 2.06. The smallest absolute Gasteiger partial charge is 0.224 e. The fourth-order valence-corrected chi connectivity index (χ4v) is 2.96. The molecule has 1 aromatic heterocycles. The maximum Gasteiger partial charge on any atom is 0.224 e. The Hall–Kier alpha value is -2.37. The Balaban J connectivity index is 1.70. The third-order valence-corrected chi connectivity index (χ3v) is 4.39. The van der Waals surface area contributed by atoms with Crippen molar-refractivity contribution in [3.8, 4) is 11.3 Å². The zero-order valence-electron chi connectivity index (χ0n) is 13.0. The third kappa shape index (κ3) is 4.13. The van der Waals surface area contributed by atoms with Crippen LogP contribution in [0.25, 0.3) is 11.3 Å². The van der Waals surface area contributed by atoms with E-state index in [1.165, 1.54) is 11.3 Å². The van der Waals surface area contributed by atoms with Crippen LogP contribution in [0.2, 0.25) is 5.02 Å². The van der Waals surface area contributed by atoms with Gasteiger partial charge in [-0.1, -0.05) is 30.7 Å². The number of nitrogens with one attached hydrogen (secondary N) is 2. The number of carbonyl (C=O) groups is 1. The lowest BCUT2D eigenvalue weighted by molar-refractivity contribution is -0.115. The number of anilines is 3. The number of benzene rings is 2. The predicted molar refractivity (Wildman–Crippen MR) is 101 cm³/mol. The minimum Gasteiger partial charge on any atom is -0.332 e. The van der Waals surface area contributed by atoms with E-state index >= 15 is 0 Å². The first-order chi connectivity index (χ1) is 11.6. The summed E-state index contributed by atoms with van der Waals surface area (Å²) >= 11 is 7.42. The maximum atomic E-state index is 11.4. The van der Waals surface area contributed by atoms with Crippen LogP contribution in [0.1, 0.15) is 13.3 Å². The van der Waals surface area contributed by atoms with Gasteiger partial charge in [0.25, 0.3) is 0 Å². The zero-order chi connectivity index (χ0) is 16.9. The molecule has 6 heteroatoms. The predicted octanol–water partition coefficient (Wildman–Crippen LogP) is 5.56. The molecule has 0 radical (unpaired) electrons. The topological polar surface area (TPSA) is 54.0 Å². The minimum absolute atomic E-state index is 0.00543. The first-order valence-corrected chi connectivity index (χ1v) is 8.78. The molecule has 122 valence electrons. The fourth-order valence-electron chi connectivity index (χ4n) is 2.09. The van der Waals surface area contributed by atoms with Gasteiger partial charge in [0.2, 0.25) is 5.91 Å². The minimum atomic E-state index is 0.00543. The van der Waals surface area contributed by atoms with Crippen LogP contribution in [0.4, 0.5) is 16.5 Å². The van der Waals surface area contributed by atoms with E-state index in [0.717, 1.165) is 27.8 Å². The van der Waals surface area contributed by atoms with Crippen molar-refractivity contribution < 1.29 is 4.79 Å². The Kier molecular flexibility index (Phi) is 5.13. The number of nitrogens with zero attached hydrogens (tertiary/aromatic N) is 1. The van der Waals surface area contributed by atoms with Gasteiger partial charge in [-0.05, 0) is 36.4 Å². The molecule has 0 aliphatic heterocycles. The molecule has 0 spiro atoms. The molecule has 0 unspecified atom stereocenters. The zero-order valence-corrected chi connectivity index (χ0v) is 14.6. The van der Waals surface area contributed by atoms with E-state index in [0.29, 0.717) is 11.4 Å². The van der Waals surface area contributed by atoms with Crippen LogP contribution in [0.15, 0.2) is 53.9 Å². The van der Waals surface area contributed by atoms with Crippen molar-refractivity contribution in [3.63, 3.8) is 0 Å². The van der Waals surface area contributed by atoms with Gasteiger partial charge in [0.15, 0.2) is 5.13 Å². The van der Waals surface area contributed by atoms with Crippen LogP contribution in [0.3, 0.4) is 0 Å². The summed E-state index contributed by atoms with van der Waals surface area (Å²) < 4.78 is 0. The number of aromatic nitrogens is 1. The van der Waals surface area contributed by atoms with E-state index in [2.05, 4.69) is 15.6 Å². The van der Waals surface area contributed by atoms with Crippen LogP contribution in [-0.2, 0) is 4.79 Å². The fraction of sp³-hybridized carbons (Fsp3) is 0.111. The standard InChI is InChI=1S/C18H16ClN3OS/c1-2-17(23)20-14-7-3-12(4-8-14)16-11-24-18(22-16)21-15-9-5-13(19)6-10-15/h3-11H,2H2,1H3,(H,20,23)(H,21,22). The Labute approximate surface area is 149 Å². The lowest BCUT2D eigenvalue weighted by Gasteiger charge is -2.04. The molecule has 1 amide bonds. The first kappa shape index (κ1) is 16.5. The average molecular weight is 358 g/mol. The normalized spacial score (nSPS) is 10.4. The van der Waals surface area contributed by atoms with Crippen LogP contribution in [-0.4, -0.2) is 10.9 Å². The number of hydrogen-bond donors (Lipinski definition) is 2. The Morgan fingerprint density at radius 2 is 1.75 bits per heavy atom.